The lowest BCUT2D eigenvalue weighted by Crippen LogP contribution is -2.47. The zero-order chi connectivity index (χ0) is 52.9. The van der Waals surface area contributed by atoms with Crippen LogP contribution < -0.4 is 5.32 Å². The lowest BCUT2D eigenvalue weighted by Gasteiger charge is -2.27. The average molecular weight is 1040 g/mol. The van der Waals surface area contributed by atoms with E-state index in [9.17, 15) is 19.0 Å². The first-order valence-electron chi connectivity index (χ1n) is 31.2. The van der Waals surface area contributed by atoms with Crippen molar-refractivity contribution in [2.45, 2.75) is 322 Å². The summed E-state index contributed by atoms with van der Waals surface area (Å²) >= 11 is 0. The highest BCUT2D eigenvalue weighted by Crippen LogP contribution is 2.43. The number of hydrogen-bond acceptors (Lipinski definition) is 6. The van der Waals surface area contributed by atoms with Gasteiger partial charge in [0.1, 0.15) is 19.3 Å². The van der Waals surface area contributed by atoms with Gasteiger partial charge in [0.05, 0.1) is 33.8 Å². The monoisotopic (exact) mass is 1040 g/mol. The van der Waals surface area contributed by atoms with Crippen molar-refractivity contribution in [1.29, 1.82) is 0 Å². The third-order valence-electron chi connectivity index (χ3n) is 14.1. The van der Waals surface area contributed by atoms with Gasteiger partial charge in [0.2, 0.25) is 5.91 Å². The Bertz CT molecular complexity index is 1290. The number of carbonyl (C=O) groups is 2. The molecule has 3 atom stereocenters. The van der Waals surface area contributed by atoms with E-state index >= 15 is 0 Å². The summed E-state index contributed by atoms with van der Waals surface area (Å²) < 4.78 is 30.7. The van der Waals surface area contributed by atoms with Gasteiger partial charge in [-0.15, -0.1) is 0 Å². The van der Waals surface area contributed by atoms with Crippen LogP contribution in [0.2, 0.25) is 0 Å². The normalized spacial score (nSPS) is 13.8. The first-order chi connectivity index (χ1) is 34.9. The molecule has 0 saturated heterocycles. The number of ether oxygens (including phenoxy) is 1. The topological polar surface area (TPSA) is 111 Å². The molecule has 0 heterocycles. The zero-order valence-corrected chi connectivity index (χ0v) is 49.6. The number of nitrogens with one attached hydrogen (secondary N) is 1. The van der Waals surface area contributed by atoms with E-state index in [-0.39, 0.29) is 25.1 Å². The average Bonchev–Trinajstić information content (AvgIpc) is 3.34. The highest BCUT2D eigenvalue weighted by atomic mass is 31.2. The maximum atomic E-state index is 13.5. The zero-order valence-electron chi connectivity index (χ0n) is 48.7. The van der Waals surface area contributed by atoms with Gasteiger partial charge in [-0.2, -0.15) is 0 Å². The maximum absolute atomic E-state index is 13.5. The molecular formula is C62H122N2O7P+. The van der Waals surface area contributed by atoms with Gasteiger partial charge in [0.15, 0.2) is 0 Å². The van der Waals surface area contributed by atoms with Crippen LogP contribution in [0.4, 0.5) is 0 Å². The van der Waals surface area contributed by atoms with Gasteiger partial charge in [-0.3, -0.25) is 18.6 Å². The van der Waals surface area contributed by atoms with Gasteiger partial charge < -0.3 is 19.4 Å². The molecule has 0 rings (SSSR count). The smallest absolute Gasteiger partial charge is 0.456 e. The molecule has 0 bridgehead atoms. The van der Waals surface area contributed by atoms with Crippen molar-refractivity contribution in [3.05, 3.63) is 24.3 Å². The molecule has 0 aromatic rings. The minimum Gasteiger partial charge on any atom is -0.456 e. The molecule has 0 fully saturated rings. The van der Waals surface area contributed by atoms with Gasteiger partial charge in [0, 0.05) is 12.8 Å². The standard InChI is InChI=1S/C62H121N2O7P/c1-7-10-13-16-19-22-25-28-29-30-31-32-33-34-35-37-40-43-46-49-52-55-62(66)71-60(53-50-47-44-41-38-27-24-21-18-15-12-9-3)59(58-70-72(67,68)69-57-56-64(4,5)6)63-61(65)54-51-48-45-42-39-36-26-23-20-17-14-11-8-2/h36,39,50,53,59-60H,7-35,37-38,40-49,51-52,54-58H2,1-6H3,(H-,63,65,67,68)/p+1/b39-36-,53-50-. The summed E-state index contributed by atoms with van der Waals surface area (Å²) in [6.45, 7) is 7.03. The van der Waals surface area contributed by atoms with Crippen LogP contribution in [0.5, 0.6) is 0 Å². The molecule has 0 aliphatic heterocycles. The van der Waals surface area contributed by atoms with E-state index in [1.54, 1.807) is 0 Å². The molecule has 0 aromatic heterocycles. The molecule has 9 nitrogen and oxygen atoms in total. The molecule has 0 aliphatic rings. The molecule has 0 radical (unpaired) electrons. The molecule has 10 heteroatoms. The lowest BCUT2D eigenvalue weighted by atomic mass is 10.0. The van der Waals surface area contributed by atoms with Crippen LogP contribution in [0.3, 0.4) is 0 Å². The first kappa shape index (κ1) is 70.5. The molecule has 0 spiro atoms. The van der Waals surface area contributed by atoms with Gasteiger partial charge in [-0.1, -0.05) is 264 Å². The van der Waals surface area contributed by atoms with E-state index in [1.807, 2.05) is 33.3 Å². The largest absolute Gasteiger partial charge is 0.472 e. The second-order valence-corrected chi connectivity index (χ2v) is 24.0. The van der Waals surface area contributed by atoms with Gasteiger partial charge >= 0.3 is 13.8 Å². The fourth-order valence-corrected chi connectivity index (χ4v) is 10.0. The summed E-state index contributed by atoms with van der Waals surface area (Å²) in [6.07, 6.45) is 61.8. The predicted molar refractivity (Wildman–Crippen MR) is 310 cm³/mol. The quantitative estimate of drug-likeness (QED) is 0.0205. The summed E-state index contributed by atoms with van der Waals surface area (Å²) in [5, 5.41) is 3.05. The molecule has 2 N–H and O–H groups in total. The second-order valence-electron chi connectivity index (χ2n) is 22.6. The summed E-state index contributed by atoms with van der Waals surface area (Å²) in [7, 11) is 1.50. The summed E-state index contributed by atoms with van der Waals surface area (Å²) in [4.78, 5) is 37.6. The van der Waals surface area contributed by atoms with Crippen molar-refractivity contribution >= 4 is 19.7 Å². The van der Waals surface area contributed by atoms with Crippen LogP contribution in [-0.4, -0.2) is 74.3 Å². The Morgan fingerprint density at radius 1 is 0.472 bits per heavy atom. The predicted octanol–water partition coefficient (Wildman–Crippen LogP) is 18.9. The van der Waals surface area contributed by atoms with Gasteiger partial charge in [-0.25, -0.2) is 4.57 Å². The van der Waals surface area contributed by atoms with E-state index in [0.717, 1.165) is 70.6 Å². The van der Waals surface area contributed by atoms with Crippen LogP contribution in [-0.2, 0) is 27.9 Å². The van der Waals surface area contributed by atoms with Crippen LogP contribution >= 0.6 is 7.82 Å². The number of esters is 1. The highest BCUT2D eigenvalue weighted by Gasteiger charge is 2.30. The Balaban J connectivity index is 5.17. The van der Waals surface area contributed by atoms with Crippen molar-refractivity contribution < 1.29 is 37.3 Å². The number of amides is 1. The van der Waals surface area contributed by atoms with E-state index in [2.05, 4.69) is 38.2 Å². The Kier molecular flexibility index (Phi) is 51.8. The number of carbonyl (C=O) groups excluding carboxylic acids is 2. The summed E-state index contributed by atoms with van der Waals surface area (Å²) in [5.74, 6) is -0.508. The summed E-state index contributed by atoms with van der Waals surface area (Å²) in [6, 6.07) is -0.850. The number of phosphoric ester groups is 1. The van der Waals surface area contributed by atoms with Crippen LogP contribution in [0.15, 0.2) is 24.3 Å². The van der Waals surface area contributed by atoms with Crippen LogP contribution in [0.25, 0.3) is 0 Å². The van der Waals surface area contributed by atoms with E-state index in [0.29, 0.717) is 23.9 Å². The fourth-order valence-electron chi connectivity index (χ4n) is 9.29. The van der Waals surface area contributed by atoms with Crippen molar-refractivity contribution in [2.24, 2.45) is 0 Å². The number of allylic oxidation sites excluding steroid dienone is 3. The molecule has 0 saturated carbocycles. The van der Waals surface area contributed by atoms with Crippen molar-refractivity contribution in [2.75, 3.05) is 40.9 Å². The number of hydrogen-bond donors (Lipinski definition) is 2. The molecule has 1 amide bonds. The number of nitrogens with zero attached hydrogens (tertiary/aromatic N) is 1. The van der Waals surface area contributed by atoms with Gasteiger partial charge in [-0.05, 0) is 57.4 Å². The number of quaternary nitrogens is 1. The highest BCUT2D eigenvalue weighted by molar-refractivity contribution is 7.47. The lowest BCUT2D eigenvalue weighted by molar-refractivity contribution is -0.870. The van der Waals surface area contributed by atoms with Crippen molar-refractivity contribution in [3.63, 3.8) is 0 Å². The number of unbranched alkanes of at least 4 members (excludes halogenated alkanes) is 39. The Hall–Kier alpha value is -1.51. The molecule has 3 unspecified atom stereocenters. The number of rotatable bonds is 57. The molecule has 426 valence electrons. The molecule has 72 heavy (non-hydrogen) atoms. The molecule has 0 aliphatic carbocycles. The SMILES string of the molecule is CCCCCCCC/C=C\CCCCCC(=O)NC(COP(=O)(O)OCC[N+](C)(C)C)C(/C=C\CCCCCCCCCCCC)OC(=O)CCCCCCCCCCCCCCCCCCCCCCC. The van der Waals surface area contributed by atoms with E-state index < -0.39 is 20.0 Å². The number of phosphoric acid groups is 1. The third kappa shape index (κ3) is 53.3. The number of likely N-dealkylation sites (N-methyl/N-ethyl adjacent to an activating group) is 1. The van der Waals surface area contributed by atoms with Crippen molar-refractivity contribution in [1.82, 2.24) is 5.32 Å². The first-order valence-corrected chi connectivity index (χ1v) is 32.7. The maximum Gasteiger partial charge on any atom is 0.472 e. The molecule has 0 aromatic carbocycles. The van der Waals surface area contributed by atoms with E-state index in [1.165, 1.54) is 205 Å². The van der Waals surface area contributed by atoms with Crippen LogP contribution in [0.1, 0.15) is 310 Å². The second kappa shape index (κ2) is 52.9. The summed E-state index contributed by atoms with van der Waals surface area (Å²) in [5.41, 5.74) is 0. The van der Waals surface area contributed by atoms with Crippen LogP contribution in [0, 0.1) is 0 Å². The van der Waals surface area contributed by atoms with Gasteiger partial charge in [0.25, 0.3) is 0 Å². The third-order valence-corrected chi connectivity index (χ3v) is 15.1. The molecular weight excluding hydrogens is 916 g/mol. The minimum atomic E-state index is -4.44. The van der Waals surface area contributed by atoms with E-state index in [4.69, 9.17) is 13.8 Å². The van der Waals surface area contributed by atoms with Crippen molar-refractivity contribution in [3.8, 4) is 0 Å². The fraction of sp³-hybridized carbons (Fsp3) is 0.903. The minimum absolute atomic E-state index is 0.0409. The Labute approximate surface area is 447 Å². The Morgan fingerprint density at radius 2 is 0.806 bits per heavy atom. The Morgan fingerprint density at radius 3 is 1.19 bits per heavy atom.